The molecule has 0 spiro atoms. The molecule has 3 nitrogen and oxygen atoms in total. The molecule has 0 radical (unpaired) electrons. The highest BCUT2D eigenvalue weighted by Gasteiger charge is 2.37. The molecule has 0 aromatic carbocycles. The fraction of sp³-hybridized carbons (Fsp3) is 0.800. The summed E-state index contributed by atoms with van der Waals surface area (Å²) in [4.78, 5) is 7.25. The standard InChI is InChI=1S/C15H27N3S/c1-5-12-10-17-15(4,7-3)11-18(12)13(6-2)14-16-8-9-19-14/h8-9,12-13,17H,5-7,10-11H2,1-4H3. The maximum absolute atomic E-state index is 4.56. The van der Waals surface area contributed by atoms with Crippen LogP contribution in [0.4, 0.5) is 0 Å². The Morgan fingerprint density at radius 1 is 1.53 bits per heavy atom. The Labute approximate surface area is 121 Å². The lowest BCUT2D eigenvalue weighted by Crippen LogP contribution is -2.63. The fourth-order valence-corrected chi connectivity index (χ4v) is 3.84. The van der Waals surface area contributed by atoms with Crippen LogP contribution in [0.15, 0.2) is 11.6 Å². The van der Waals surface area contributed by atoms with Crippen molar-refractivity contribution >= 4 is 11.3 Å². The average Bonchev–Trinajstić information content (AvgIpc) is 2.94. The predicted molar refractivity (Wildman–Crippen MR) is 82.6 cm³/mol. The number of rotatable bonds is 5. The van der Waals surface area contributed by atoms with Crippen molar-refractivity contribution in [3.63, 3.8) is 0 Å². The number of hydrogen-bond donors (Lipinski definition) is 1. The molecule has 0 amide bonds. The van der Waals surface area contributed by atoms with E-state index in [4.69, 9.17) is 0 Å². The second kappa shape index (κ2) is 6.33. The fourth-order valence-electron chi connectivity index (χ4n) is 3.00. The molecule has 19 heavy (non-hydrogen) atoms. The Balaban J connectivity index is 2.21. The van der Waals surface area contributed by atoms with E-state index in [1.165, 1.54) is 17.8 Å². The first-order valence-electron chi connectivity index (χ1n) is 7.53. The van der Waals surface area contributed by atoms with Crippen molar-refractivity contribution in [2.75, 3.05) is 13.1 Å². The SMILES string of the molecule is CCC1CNC(C)(CC)CN1C(CC)c1nccs1. The van der Waals surface area contributed by atoms with Gasteiger partial charge in [-0.15, -0.1) is 11.3 Å². The van der Waals surface area contributed by atoms with Gasteiger partial charge in [-0.25, -0.2) is 4.98 Å². The normalized spacial score (nSPS) is 30.4. The van der Waals surface area contributed by atoms with Crippen molar-refractivity contribution in [3.8, 4) is 0 Å². The van der Waals surface area contributed by atoms with E-state index in [0.717, 1.165) is 19.5 Å². The summed E-state index contributed by atoms with van der Waals surface area (Å²) in [5.41, 5.74) is 0.246. The number of nitrogens with one attached hydrogen (secondary N) is 1. The van der Waals surface area contributed by atoms with Crippen LogP contribution in [-0.2, 0) is 0 Å². The molecule has 108 valence electrons. The third-order valence-electron chi connectivity index (χ3n) is 4.54. The summed E-state index contributed by atoms with van der Waals surface area (Å²) in [7, 11) is 0. The second-order valence-electron chi connectivity index (χ2n) is 5.82. The van der Waals surface area contributed by atoms with Crippen LogP contribution < -0.4 is 5.32 Å². The van der Waals surface area contributed by atoms with Crippen LogP contribution in [0.25, 0.3) is 0 Å². The van der Waals surface area contributed by atoms with Crippen molar-refractivity contribution in [1.82, 2.24) is 15.2 Å². The average molecular weight is 281 g/mol. The van der Waals surface area contributed by atoms with Gasteiger partial charge in [-0.2, -0.15) is 0 Å². The molecular formula is C15H27N3S. The highest BCUT2D eigenvalue weighted by atomic mass is 32.1. The van der Waals surface area contributed by atoms with Gasteiger partial charge in [0, 0.05) is 36.2 Å². The van der Waals surface area contributed by atoms with Gasteiger partial charge < -0.3 is 5.32 Å². The Bertz CT molecular complexity index is 379. The number of nitrogens with zero attached hydrogens (tertiary/aromatic N) is 2. The van der Waals surface area contributed by atoms with Crippen molar-refractivity contribution in [2.24, 2.45) is 0 Å². The van der Waals surface area contributed by atoms with Gasteiger partial charge >= 0.3 is 0 Å². The summed E-state index contributed by atoms with van der Waals surface area (Å²) in [5, 5.41) is 7.12. The van der Waals surface area contributed by atoms with Crippen LogP contribution in [0, 0.1) is 0 Å². The minimum absolute atomic E-state index is 0.246. The van der Waals surface area contributed by atoms with Gasteiger partial charge in [-0.3, -0.25) is 4.90 Å². The van der Waals surface area contributed by atoms with Gasteiger partial charge in [-0.1, -0.05) is 20.8 Å². The van der Waals surface area contributed by atoms with E-state index in [0.29, 0.717) is 12.1 Å². The van der Waals surface area contributed by atoms with Crippen molar-refractivity contribution < 1.29 is 0 Å². The molecule has 1 aromatic heterocycles. The van der Waals surface area contributed by atoms with E-state index < -0.39 is 0 Å². The molecule has 2 rings (SSSR count). The number of hydrogen-bond acceptors (Lipinski definition) is 4. The molecule has 0 saturated carbocycles. The minimum Gasteiger partial charge on any atom is -0.309 e. The topological polar surface area (TPSA) is 28.2 Å². The molecule has 1 aliphatic rings. The summed E-state index contributed by atoms with van der Waals surface area (Å²) in [6.07, 6.45) is 5.46. The van der Waals surface area contributed by atoms with E-state index in [1.54, 1.807) is 11.3 Å². The number of aromatic nitrogens is 1. The first kappa shape index (κ1) is 14.9. The molecule has 1 saturated heterocycles. The van der Waals surface area contributed by atoms with Crippen LogP contribution in [0.1, 0.15) is 58.0 Å². The van der Waals surface area contributed by atoms with Gasteiger partial charge in [-0.05, 0) is 26.2 Å². The first-order valence-corrected chi connectivity index (χ1v) is 8.41. The van der Waals surface area contributed by atoms with Crippen molar-refractivity contribution in [2.45, 2.75) is 64.6 Å². The molecule has 4 heteroatoms. The van der Waals surface area contributed by atoms with E-state index in [1.807, 2.05) is 6.20 Å². The van der Waals surface area contributed by atoms with E-state index >= 15 is 0 Å². The van der Waals surface area contributed by atoms with Gasteiger partial charge in [0.1, 0.15) is 5.01 Å². The maximum atomic E-state index is 4.56. The number of piperazine rings is 1. The Hall–Kier alpha value is -0.450. The van der Waals surface area contributed by atoms with E-state index in [-0.39, 0.29) is 5.54 Å². The largest absolute Gasteiger partial charge is 0.309 e. The maximum Gasteiger partial charge on any atom is 0.110 e. The lowest BCUT2D eigenvalue weighted by atomic mass is 9.91. The highest BCUT2D eigenvalue weighted by molar-refractivity contribution is 7.09. The lowest BCUT2D eigenvalue weighted by molar-refractivity contribution is 0.0411. The molecule has 1 N–H and O–H groups in total. The van der Waals surface area contributed by atoms with Crippen LogP contribution >= 0.6 is 11.3 Å². The molecule has 0 aliphatic carbocycles. The van der Waals surface area contributed by atoms with E-state index in [2.05, 4.69) is 48.3 Å². The molecule has 1 fully saturated rings. The predicted octanol–water partition coefficient (Wildman–Crippen LogP) is 3.45. The highest BCUT2D eigenvalue weighted by Crippen LogP contribution is 2.32. The summed E-state index contributed by atoms with van der Waals surface area (Å²) < 4.78 is 0. The molecule has 1 aromatic rings. The van der Waals surface area contributed by atoms with Gasteiger partial charge in [0.25, 0.3) is 0 Å². The zero-order valence-electron chi connectivity index (χ0n) is 12.6. The minimum atomic E-state index is 0.246. The summed E-state index contributed by atoms with van der Waals surface area (Å²) in [6.45, 7) is 11.4. The van der Waals surface area contributed by atoms with Crippen LogP contribution in [0.3, 0.4) is 0 Å². The third kappa shape index (κ3) is 3.18. The Morgan fingerprint density at radius 3 is 2.84 bits per heavy atom. The lowest BCUT2D eigenvalue weighted by Gasteiger charge is -2.48. The van der Waals surface area contributed by atoms with Crippen molar-refractivity contribution in [1.29, 1.82) is 0 Å². The first-order chi connectivity index (χ1) is 9.13. The molecule has 0 bridgehead atoms. The van der Waals surface area contributed by atoms with E-state index in [9.17, 15) is 0 Å². The Kier molecular flexibility index (Phi) is 4.98. The van der Waals surface area contributed by atoms with Crippen LogP contribution in [-0.4, -0.2) is 34.6 Å². The number of thiazole rings is 1. The molecule has 1 aliphatic heterocycles. The molecule has 3 atom stereocenters. The monoisotopic (exact) mass is 281 g/mol. The van der Waals surface area contributed by atoms with Gasteiger partial charge in [0.05, 0.1) is 6.04 Å². The van der Waals surface area contributed by atoms with Crippen molar-refractivity contribution in [3.05, 3.63) is 16.6 Å². The molecule has 3 unspecified atom stereocenters. The van der Waals surface area contributed by atoms with Gasteiger partial charge in [0.15, 0.2) is 0 Å². The molecule has 2 heterocycles. The second-order valence-corrected chi connectivity index (χ2v) is 6.75. The Morgan fingerprint density at radius 2 is 2.32 bits per heavy atom. The third-order valence-corrected chi connectivity index (χ3v) is 5.42. The smallest absolute Gasteiger partial charge is 0.110 e. The molecular weight excluding hydrogens is 254 g/mol. The quantitative estimate of drug-likeness (QED) is 0.896. The zero-order valence-corrected chi connectivity index (χ0v) is 13.5. The summed E-state index contributed by atoms with van der Waals surface area (Å²) in [5.74, 6) is 0. The zero-order chi connectivity index (χ0) is 13.9. The van der Waals surface area contributed by atoms with Gasteiger partial charge in [0.2, 0.25) is 0 Å². The summed E-state index contributed by atoms with van der Waals surface area (Å²) in [6, 6.07) is 1.12. The van der Waals surface area contributed by atoms with Crippen LogP contribution in [0.5, 0.6) is 0 Å². The summed E-state index contributed by atoms with van der Waals surface area (Å²) >= 11 is 1.80. The van der Waals surface area contributed by atoms with Crippen LogP contribution in [0.2, 0.25) is 0 Å².